The Morgan fingerprint density at radius 3 is 2.58 bits per heavy atom. The smallest absolute Gasteiger partial charge is 0.330 e. The zero-order valence-electron chi connectivity index (χ0n) is 14.8. The summed E-state index contributed by atoms with van der Waals surface area (Å²) in [6.07, 6.45) is 3.04. The largest absolute Gasteiger partial charge is 0.493 e. The topological polar surface area (TPSA) is 44.8 Å². The summed E-state index contributed by atoms with van der Waals surface area (Å²) in [5, 5.41) is 2.36. The Bertz CT molecular complexity index is 939. The second-order valence-electron chi connectivity index (χ2n) is 5.69. The Morgan fingerprint density at radius 2 is 1.77 bits per heavy atom. The molecule has 0 heterocycles. The summed E-state index contributed by atoms with van der Waals surface area (Å²) in [6.45, 7) is 0.440. The molecule has 4 heteroatoms. The summed E-state index contributed by atoms with van der Waals surface area (Å²) < 4.78 is 16.0. The number of benzene rings is 3. The second kappa shape index (κ2) is 8.21. The molecular weight excluding hydrogens is 328 g/mol. The molecule has 26 heavy (non-hydrogen) atoms. The minimum absolute atomic E-state index is 0.403. The van der Waals surface area contributed by atoms with E-state index in [0.717, 1.165) is 11.1 Å². The first-order valence-electron chi connectivity index (χ1n) is 8.25. The van der Waals surface area contributed by atoms with E-state index >= 15 is 0 Å². The quantitative estimate of drug-likeness (QED) is 0.482. The summed E-state index contributed by atoms with van der Waals surface area (Å²) in [6, 6.07) is 19.9. The van der Waals surface area contributed by atoms with E-state index in [1.54, 1.807) is 13.2 Å². The van der Waals surface area contributed by atoms with E-state index in [1.807, 2.05) is 36.4 Å². The van der Waals surface area contributed by atoms with Crippen LogP contribution in [0.1, 0.15) is 11.1 Å². The molecule has 0 aliphatic rings. The molecule has 0 fully saturated rings. The number of fused-ring (bicyclic) bond motifs is 1. The molecule has 3 aromatic carbocycles. The van der Waals surface area contributed by atoms with Crippen molar-refractivity contribution in [3.63, 3.8) is 0 Å². The molecule has 0 saturated carbocycles. The zero-order chi connectivity index (χ0) is 18.4. The number of hydrogen-bond acceptors (Lipinski definition) is 4. The highest BCUT2D eigenvalue weighted by Gasteiger charge is 2.07. The van der Waals surface area contributed by atoms with Crippen LogP contribution in [0.4, 0.5) is 0 Å². The van der Waals surface area contributed by atoms with Crippen LogP contribution in [0.25, 0.3) is 16.8 Å². The van der Waals surface area contributed by atoms with Crippen molar-refractivity contribution < 1.29 is 19.0 Å². The third-order valence-corrected chi connectivity index (χ3v) is 4.06. The van der Waals surface area contributed by atoms with E-state index in [-0.39, 0.29) is 0 Å². The van der Waals surface area contributed by atoms with Crippen molar-refractivity contribution in [2.75, 3.05) is 14.2 Å². The summed E-state index contributed by atoms with van der Waals surface area (Å²) in [7, 11) is 2.94. The number of ether oxygens (including phenoxy) is 3. The average molecular weight is 348 g/mol. The van der Waals surface area contributed by atoms with Crippen LogP contribution < -0.4 is 9.47 Å². The fourth-order valence-electron chi connectivity index (χ4n) is 2.71. The highest BCUT2D eigenvalue weighted by atomic mass is 16.5. The Balaban J connectivity index is 1.79. The molecule has 0 radical (unpaired) electrons. The lowest BCUT2D eigenvalue weighted by atomic mass is 10.1. The number of carbonyl (C=O) groups excluding carboxylic acids is 1. The van der Waals surface area contributed by atoms with Crippen LogP contribution >= 0.6 is 0 Å². The first-order valence-corrected chi connectivity index (χ1v) is 8.25. The van der Waals surface area contributed by atoms with Crippen LogP contribution in [-0.2, 0) is 16.1 Å². The normalized spacial score (nSPS) is 10.8. The Hall–Kier alpha value is -3.27. The van der Waals surface area contributed by atoms with E-state index in [4.69, 9.17) is 9.47 Å². The Kier molecular flexibility index (Phi) is 5.54. The van der Waals surface area contributed by atoms with Crippen molar-refractivity contribution in [1.29, 1.82) is 0 Å². The van der Waals surface area contributed by atoms with Crippen LogP contribution in [0.3, 0.4) is 0 Å². The number of hydrogen-bond donors (Lipinski definition) is 0. The van der Waals surface area contributed by atoms with Crippen molar-refractivity contribution in [3.05, 3.63) is 77.9 Å². The van der Waals surface area contributed by atoms with Crippen molar-refractivity contribution in [2.24, 2.45) is 0 Å². The van der Waals surface area contributed by atoms with Gasteiger partial charge in [0.15, 0.2) is 11.5 Å². The molecule has 0 unspecified atom stereocenters. The van der Waals surface area contributed by atoms with Gasteiger partial charge in [-0.15, -0.1) is 0 Å². The van der Waals surface area contributed by atoms with Crippen LogP contribution in [0.15, 0.2) is 66.7 Å². The highest BCUT2D eigenvalue weighted by molar-refractivity contribution is 5.87. The molecular formula is C22H20O4. The molecule has 0 bridgehead atoms. The van der Waals surface area contributed by atoms with Crippen LogP contribution in [0.2, 0.25) is 0 Å². The van der Waals surface area contributed by atoms with Gasteiger partial charge in [-0.05, 0) is 40.1 Å². The molecule has 0 aliphatic heterocycles. The van der Waals surface area contributed by atoms with Crippen LogP contribution in [-0.4, -0.2) is 20.2 Å². The van der Waals surface area contributed by atoms with Gasteiger partial charge in [-0.25, -0.2) is 4.79 Å². The van der Waals surface area contributed by atoms with Gasteiger partial charge in [0.05, 0.1) is 14.2 Å². The van der Waals surface area contributed by atoms with E-state index in [9.17, 15) is 4.79 Å². The van der Waals surface area contributed by atoms with Gasteiger partial charge in [0.1, 0.15) is 6.61 Å². The lowest BCUT2D eigenvalue weighted by Crippen LogP contribution is -1.99. The Labute approximate surface area is 152 Å². The average Bonchev–Trinajstić information content (AvgIpc) is 2.70. The molecule has 0 saturated heterocycles. The first kappa shape index (κ1) is 17.5. The van der Waals surface area contributed by atoms with E-state index in [2.05, 4.69) is 29.0 Å². The van der Waals surface area contributed by atoms with Gasteiger partial charge >= 0.3 is 5.97 Å². The molecule has 0 spiro atoms. The molecule has 4 nitrogen and oxygen atoms in total. The summed E-state index contributed by atoms with van der Waals surface area (Å²) in [5.74, 6) is 0.855. The van der Waals surface area contributed by atoms with Crippen molar-refractivity contribution in [1.82, 2.24) is 0 Å². The SMILES string of the molecule is COC(=O)/C=C/c1ccc(OCc2cccc3ccccc23)c(OC)c1. The summed E-state index contributed by atoms with van der Waals surface area (Å²) in [5.41, 5.74) is 1.93. The number of carbonyl (C=O) groups is 1. The van der Waals surface area contributed by atoms with Crippen molar-refractivity contribution >= 4 is 22.8 Å². The number of rotatable bonds is 6. The summed E-state index contributed by atoms with van der Waals surface area (Å²) >= 11 is 0. The molecule has 0 amide bonds. The van der Waals surface area contributed by atoms with Gasteiger partial charge in [0.2, 0.25) is 0 Å². The van der Waals surface area contributed by atoms with Gasteiger partial charge in [-0.3, -0.25) is 0 Å². The third kappa shape index (κ3) is 4.03. The number of methoxy groups -OCH3 is 2. The molecule has 3 aromatic rings. The van der Waals surface area contributed by atoms with E-state index in [1.165, 1.54) is 24.0 Å². The van der Waals surface area contributed by atoms with E-state index < -0.39 is 5.97 Å². The van der Waals surface area contributed by atoms with Crippen LogP contribution in [0, 0.1) is 0 Å². The fourth-order valence-corrected chi connectivity index (χ4v) is 2.71. The molecule has 0 N–H and O–H groups in total. The van der Waals surface area contributed by atoms with Gasteiger partial charge in [0.25, 0.3) is 0 Å². The lowest BCUT2D eigenvalue weighted by Gasteiger charge is -2.13. The van der Waals surface area contributed by atoms with Crippen molar-refractivity contribution in [2.45, 2.75) is 6.61 Å². The monoisotopic (exact) mass is 348 g/mol. The standard InChI is InChI=1S/C22H20O4/c1-24-21-14-16(11-13-22(23)25-2)10-12-20(21)26-15-18-8-5-7-17-6-3-4-9-19(17)18/h3-14H,15H2,1-2H3/b13-11+. The minimum atomic E-state index is -0.403. The predicted molar refractivity (Wildman–Crippen MR) is 102 cm³/mol. The highest BCUT2D eigenvalue weighted by Crippen LogP contribution is 2.30. The fraction of sp³-hybridized carbons (Fsp3) is 0.136. The van der Waals surface area contributed by atoms with Crippen molar-refractivity contribution in [3.8, 4) is 11.5 Å². The molecule has 3 rings (SSSR count). The Morgan fingerprint density at radius 1 is 0.962 bits per heavy atom. The van der Waals surface area contributed by atoms with E-state index in [0.29, 0.717) is 18.1 Å². The minimum Gasteiger partial charge on any atom is -0.493 e. The zero-order valence-corrected chi connectivity index (χ0v) is 14.8. The summed E-state index contributed by atoms with van der Waals surface area (Å²) in [4.78, 5) is 11.2. The van der Waals surface area contributed by atoms with Gasteiger partial charge in [-0.1, -0.05) is 48.5 Å². The molecule has 0 aliphatic carbocycles. The first-order chi connectivity index (χ1) is 12.7. The third-order valence-electron chi connectivity index (χ3n) is 4.06. The number of esters is 1. The predicted octanol–water partition coefficient (Wildman–Crippen LogP) is 4.61. The lowest BCUT2D eigenvalue weighted by molar-refractivity contribution is -0.134. The van der Waals surface area contributed by atoms with Gasteiger partial charge in [0, 0.05) is 6.08 Å². The molecule has 132 valence electrons. The van der Waals surface area contributed by atoms with Gasteiger partial charge < -0.3 is 14.2 Å². The maximum atomic E-state index is 11.2. The second-order valence-corrected chi connectivity index (χ2v) is 5.69. The maximum Gasteiger partial charge on any atom is 0.330 e. The maximum absolute atomic E-state index is 11.2. The van der Waals surface area contributed by atoms with Gasteiger partial charge in [-0.2, -0.15) is 0 Å². The molecule has 0 atom stereocenters. The van der Waals surface area contributed by atoms with Crippen LogP contribution in [0.5, 0.6) is 11.5 Å². The molecule has 0 aromatic heterocycles.